The molecule has 1 saturated carbocycles. The Labute approximate surface area is 176 Å². The van der Waals surface area contributed by atoms with Gasteiger partial charge in [0.1, 0.15) is 0 Å². The average Bonchev–Trinajstić information content (AvgIpc) is 3.16. The molecule has 1 saturated heterocycles. The third-order valence-corrected chi connectivity index (χ3v) is 6.49. The summed E-state index contributed by atoms with van der Waals surface area (Å²) in [5, 5.41) is 14.7. The second kappa shape index (κ2) is 8.86. The molecule has 1 aliphatic heterocycles. The number of aromatic nitrogens is 2. The van der Waals surface area contributed by atoms with Crippen LogP contribution in [0, 0.1) is 6.92 Å². The van der Waals surface area contributed by atoms with Gasteiger partial charge in [-0.2, -0.15) is 5.10 Å². The summed E-state index contributed by atoms with van der Waals surface area (Å²) in [7, 11) is 0. The lowest BCUT2D eigenvalue weighted by Crippen LogP contribution is -2.57. The van der Waals surface area contributed by atoms with Gasteiger partial charge >= 0.3 is 5.97 Å². The summed E-state index contributed by atoms with van der Waals surface area (Å²) in [5.74, 6) is -0.874. The van der Waals surface area contributed by atoms with E-state index < -0.39 is 12.1 Å². The molecule has 2 heterocycles. The molecule has 7 heteroatoms. The number of aliphatic carboxylic acids is 1. The minimum Gasteiger partial charge on any atom is -0.479 e. The predicted molar refractivity (Wildman–Crippen MR) is 111 cm³/mol. The fraction of sp³-hybridized carbons (Fsp3) is 0.545. The Hall–Kier alpha value is -1.89. The third-order valence-electron chi connectivity index (χ3n) is 6.24. The van der Waals surface area contributed by atoms with E-state index in [0.29, 0.717) is 25.2 Å². The number of hydrogen-bond donors (Lipinski definition) is 1. The Balaban J connectivity index is 1.44. The third kappa shape index (κ3) is 4.82. The summed E-state index contributed by atoms with van der Waals surface area (Å²) >= 11 is 6.02. The normalized spacial score (nSPS) is 28.3. The number of aryl methyl sites for hydroxylation is 1. The maximum Gasteiger partial charge on any atom is 0.334 e. The maximum atomic E-state index is 11.5. The van der Waals surface area contributed by atoms with Gasteiger partial charge < -0.3 is 9.84 Å². The molecule has 156 valence electrons. The fourth-order valence-corrected chi connectivity index (χ4v) is 4.79. The minimum absolute atomic E-state index is 0.181. The maximum absolute atomic E-state index is 11.5. The molecule has 0 spiro atoms. The van der Waals surface area contributed by atoms with Crippen LogP contribution in [-0.4, -0.2) is 57.1 Å². The van der Waals surface area contributed by atoms with Gasteiger partial charge in [0.2, 0.25) is 0 Å². The number of morpholine rings is 1. The van der Waals surface area contributed by atoms with Crippen molar-refractivity contribution < 1.29 is 14.6 Å². The highest BCUT2D eigenvalue weighted by atomic mass is 35.5. The summed E-state index contributed by atoms with van der Waals surface area (Å²) in [6.45, 7) is 2.96. The van der Waals surface area contributed by atoms with Crippen molar-refractivity contribution >= 4 is 17.6 Å². The Bertz CT molecular complexity index is 830. The lowest BCUT2D eigenvalue weighted by atomic mass is 9.88. The van der Waals surface area contributed by atoms with Crippen LogP contribution >= 0.6 is 11.6 Å². The van der Waals surface area contributed by atoms with E-state index in [1.807, 2.05) is 30.5 Å². The van der Waals surface area contributed by atoms with Gasteiger partial charge in [-0.1, -0.05) is 23.7 Å². The Morgan fingerprint density at radius 2 is 1.90 bits per heavy atom. The largest absolute Gasteiger partial charge is 0.479 e. The molecule has 2 unspecified atom stereocenters. The van der Waals surface area contributed by atoms with Crippen LogP contribution in [-0.2, 0) is 16.0 Å². The highest BCUT2D eigenvalue weighted by Gasteiger charge is 2.38. The molecule has 0 amide bonds. The second-order valence-electron chi connectivity index (χ2n) is 8.30. The zero-order valence-electron chi connectivity index (χ0n) is 16.7. The van der Waals surface area contributed by atoms with E-state index in [0.717, 1.165) is 37.1 Å². The van der Waals surface area contributed by atoms with E-state index in [1.165, 1.54) is 11.1 Å². The van der Waals surface area contributed by atoms with Gasteiger partial charge in [-0.05, 0) is 62.3 Å². The van der Waals surface area contributed by atoms with E-state index in [9.17, 15) is 9.90 Å². The van der Waals surface area contributed by atoms with Crippen molar-refractivity contribution in [2.24, 2.45) is 0 Å². The molecule has 1 N–H and O–H groups in total. The van der Waals surface area contributed by atoms with Crippen molar-refractivity contribution in [2.45, 2.75) is 63.3 Å². The van der Waals surface area contributed by atoms with Gasteiger partial charge in [-0.15, -0.1) is 0 Å². The summed E-state index contributed by atoms with van der Waals surface area (Å²) in [6, 6.07) is 8.89. The van der Waals surface area contributed by atoms with E-state index in [1.54, 1.807) is 0 Å². The molecule has 2 aliphatic rings. The zero-order chi connectivity index (χ0) is 20.4. The van der Waals surface area contributed by atoms with Crippen molar-refractivity contribution in [3.05, 3.63) is 52.8 Å². The molecule has 1 aromatic carbocycles. The topological polar surface area (TPSA) is 67.6 Å². The van der Waals surface area contributed by atoms with Crippen molar-refractivity contribution in [1.29, 1.82) is 0 Å². The van der Waals surface area contributed by atoms with Crippen molar-refractivity contribution in [1.82, 2.24) is 14.7 Å². The molecule has 2 fully saturated rings. The first-order valence-electron chi connectivity index (χ1n) is 10.3. The van der Waals surface area contributed by atoms with Gasteiger partial charge in [0.25, 0.3) is 0 Å². The number of nitrogens with zero attached hydrogens (tertiary/aromatic N) is 3. The lowest BCUT2D eigenvalue weighted by molar-refractivity contribution is -0.162. The predicted octanol–water partition coefficient (Wildman–Crippen LogP) is 3.73. The first-order chi connectivity index (χ1) is 14.0. The number of carboxylic acid groups (broad SMARTS) is 1. The molecule has 0 bridgehead atoms. The number of hydrogen-bond acceptors (Lipinski definition) is 4. The van der Waals surface area contributed by atoms with Crippen molar-refractivity contribution in [3.8, 4) is 0 Å². The van der Waals surface area contributed by atoms with Crippen LogP contribution in [0.1, 0.15) is 42.9 Å². The number of rotatable bonds is 5. The van der Waals surface area contributed by atoms with Gasteiger partial charge in [0.05, 0.1) is 18.8 Å². The fourth-order valence-electron chi connectivity index (χ4n) is 4.67. The smallest absolute Gasteiger partial charge is 0.334 e. The van der Waals surface area contributed by atoms with Crippen LogP contribution in [0.25, 0.3) is 0 Å². The molecule has 2 atom stereocenters. The van der Waals surface area contributed by atoms with E-state index in [-0.39, 0.29) is 6.04 Å². The minimum atomic E-state index is -0.874. The van der Waals surface area contributed by atoms with Crippen LogP contribution in [0.2, 0.25) is 5.02 Å². The van der Waals surface area contributed by atoms with Crippen LogP contribution in [0.15, 0.2) is 36.7 Å². The molecule has 2 aromatic rings. The van der Waals surface area contributed by atoms with Crippen molar-refractivity contribution in [3.63, 3.8) is 0 Å². The second-order valence-corrected chi connectivity index (χ2v) is 8.74. The van der Waals surface area contributed by atoms with Gasteiger partial charge in [0, 0.05) is 29.8 Å². The molecular weight excluding hydrogens is 390 g/mol. The van der Waals surface area contributed by atoms with Crippen LogP contribution in [0.3, 0.4) is 0 Å². The SMILES string of the molecule is Cc1cnn(C2CCC(N3CC(C(=O)O)OCC3Cc3ccc(Cl)cc3)CC2)c1. The first-order valence-corrected chi connectivity index (χ1v) is 10.7. The summed E-state index contributed by atoms with van der Waals surface area (Å²) < 4.78 is 7.77. The standard InChI is InChI=1S/C22H28ClN3O3/c1-15-11-24-26(12-15)19-8-6-18(7-9-19)25-13-21(22(27)28)29-14-20(25)10-16-2-4-17(23)5-3-16/h2-5,11-12,18-21H,6-10,13-14H2,1H3,(H,27,28). The van der Waals surface area contributed by atoms with Gasteiger partial charge in [-0.3, -0.25) is 9.58 Å². The molecule has 4 rings (SSSR count). The number of benzene rings is 1. The van der Waals surface area contributed by atoms with Crippen LogP contribution in [0.4, 0.5) is 0 Å². The van der Waals surface area contributed by atoms with E-state index >= 15 is 0 Å². The number of carboxylic acids is 1. The monoisotopic (exact) mass is 417 g/mol. The first kappa shape index (κ1) is 20.4. The molecule has 6 nitrogen and oxygen atoms in total. The van der Waals surface area contributed by atoms with E-state index in [2.05, 4.69) is 27.8 Å². The van der Waals surface area contributed by atoms with E-state index in [4.69, 9.17) is 16.3 Å². The Morgan fingerprint density at radius 3 is 2.52 bits per heavy atom. The zero-order valence-corrected chi connectivity index (χ0v) is 17.5. The molecule has 0 radical (unpaired) electrons. The highest BCUT2D eigenvalue weighted by Crippen LogP contribution is 2.33. The molecule has 29 heavy (non-hydrogen) atoms. The Morgan fingerprint density at radius 1 is 1.21 bits per heavy atom. The van der Waals surface area contributed by atoms with Crippen molar-refractivity contribution in [2.75, 3.05) is 13.2 Å². The highest BCUT2D eigenvalue weighted by molar-refractivity contribution is 6.30. The van der Waals surface area contributed by atoms with Gasteiger partial charge in [0.15, 0.2) is 6.10 Å². The summed E-state index contributed by atoms with van der Waals surface area (Å²) in [5.41, 5.74) is 2.38. The van der Waals surface area contributed by atoms with Gasteiger partial charge in [-0.25, -0.2) is 4.79 Å². The number of ether oxygens (including phenoxy) is 1. The van der Waals surface area contributed by atoms with Crippen LogP contribution in [0.5, 0.6) is 0 Å². The number of halogens is 1. The summed E-state index contributed by atoms with van der Waals surface area (Å²) in [6.07, 6.45) is 8.34. The quantitative estimate of drug-likeness (QED) is 0.802. The molecule has 1 aromatic heterocycles. The molecule has 1 aliphatic carbocycles. The summed E-state index contributed by atoms with van der Waals surface area (Å²) in [4.78, 5) is 13.9. The molecular formula is C22H28ClN3O3. The lowest BCUT2D eigenvalue weighted by Gasteiger charge is -2.45. The number of carbonyl (C=O) groups is 1. The van der Waals surface area contributed by atoms with Crippen LogP contribution < -0.4 is 0 Å². The Kier molecular flexibility index (Phi) is 6.23. The average molecular weight is 418 g/mol.